The van der Waals surface area contributed by atoms with Gasteiger partial charge in [-0.2, -0.15) is 5.10 Å². The summed E-state index contributed by atoms with van der Waals surface area (Å²) in [7, 11) is 1.80. The van der Waals surface area contributed by atoms with Gasteiger partial charge in [-0.3, -0.25) is 9.58 Å². The Hall–Kier alpha value is -1.84. The Labute approximate surface area is 217 Å². The van der Waals surface area contributed by atoms with E-state index in [0.717, 1.165) is 70.9 Å². The van der Waals surface area contributed by atoms with Gasteiger partial charge in [0.15, 0.2) is 5.82 Å². The fourth-order valence-electron chi connectivity index (χ4n) is 6.15. The van der Waals surface area contributed by atoms with Crippen molar-refractivity contribution in [3.8, 4) is 0 Å². The number of aromatic nitrogens is 2. The van der Waals surface area contributed by atoms with Crippen molar-refractivity contribution in [1.29, 1.82) is 0 Å². The molecule has 0 aromatic carbocycles. The SMILES string of the molecule is COCC1(C)CC(CN2CCOCC2)CCN1c1cc(C)n(C2CCN(C(=O)OC(C)(C)C)CC2)n1. The van der Waals surface area contributed by atoms with Gasteiger partial charge in [0.1, 0.15) is 5.60 Å². The molecule has 0 saturated carbocycles. The van der Waals surface area contributed by atoms with Crippen LogP contribution in [0.15, 0.2) is 6.07 Å². The third-order valence-corrected chi connectivity index (χ3v) is 7.86. The fraction of sp³-hybridized carbons (Fsp3) is 0.852. The van der Waals surface area contributed by atoms with Gasteiger partial charge in [-0.25, -0.2) is 4.79 Å². The Morgan fingerprint density at radius 3 is 2.47 bits per heavy atom. The van der Waals surface area contributed by atoms with Gasteiger partial charge in [0.2, 0.25) is 0 Å². The highest BCUT2D eigenvalue weighted by atomic mass is 16.6. The van der Waals surface area contributed by atoms with Crippen molar-refractivity contribution < 1.29 is 19.0 Å². The van der Waals surface area contributed by atoms with E-state index in [1.165, 1.54) is 5.69 Å². The van der Waals surface area contributed by atoms with Crippen LogP contribution in [0.25, 0.3) is 0 Å². The van der Waals surface area contributed by atoms with Gasteiger partial charge in [-0.15, -0.1) is 0 Å². The molecule has 1 aromatic rings. The van der Waals surface area contributed by atoms with Crippen LogP contribution in [0.1, 0.15) is 65.1 Å². The number of aryl methyl sites for hydroxylation is 1. The maximum absolute atomic E-state index is 12.5. The number of amides is 1. The smallest absolute Gasteiger partial charge is 0.410 e. The number of likely N-dealkylation sites (tertiary alicyclic amines) is 1. The van der Waals surface area contributed by atoms with E-state index in [1.807, 2.05) is 25.7 Å². The van der Waals surface area contributed by atoms with Gasteiger partial charge in [-0.05, 0) is 66.2 Å². The van der Waals surface area contributed by atoms with Crippen molar-refractivity contribution in [3.63, 3.8) is 0 Å². The van der Waals surface area contributed by atoms with E-state index in [4.69, 9.17) is 19.3 Å². The first-order valence-electron chi connectivity index (χ1n) is 13.7. The number of anilines is 1. The number of carbonyl (C=O) groups is 1. The summed E-state index contributed by atoms with van der Waals surface area (Å²) in [6.45, 7) is 18.2. The van der Waals surface area contributed by atoms with Crippen LogP contribution in [0.3, 0.4) is 0 Å². The van der Waals surface area contributed by atoms with E-state index >= 15 is 0 Å². The van der Waals surface area contributed by atoms with E-state index < -0.39 is 5.60 Å². The number of hydrogen-bond donors (Lipinski definition) is 0. The van der Waals surface area contributed by atoms with Gasteiger partial charge in [0.05, 0.1) is 31.4 Å². The standard InChI is InChI=1S/C27H47N5O4/c1-21-17-24(28-32(21)23-8-10-30(11-9-23)25(33)36-26(2,3)4)31-12-7-22(18-27(31,5)20-34-6)19-29-13-15-35-16-14-29/h17,22-23H,7-16,18-20H2,1-6H3. The third kappa shape index (κ3) is 6.53. The predicted molar refractivity (Wildman–Crippen MR) is 141 cm³/mol. The molecule has 1 aromatic heterocycles. The zero-order valence-electron chi connectivity index (χ0n) is 23.3. The van der Waals surface area contributed by atoms with E-state index in [2.05, 4.69) is 34.4 Å². The number of morpholine rings is 1. The number of carbonyl (C=O) groups excluding carboxylic acids is 1. The van der Waals surface area contributed by atoms with Crippen LogP contribution in [0.5, 0.6) is 0 Å². The minimum Gasteiger partial charge on any atom is -0.444 e. The maximum Gasteiger partial charge on any atom is 0.410 e. The molecule has 0 aliphatic carbocycles. The molecule has 4 heterocycles. The maximum atomic E-state index is 12.5. The summed E-state index contributed by atoms with van der Waals surface area (Å²) in [6.07, 6.45) is 3.82. The molecule has 3 fully saturated rings. The average molecular weight is 506 g/mol. The largest absolute Gasteiger partial charge is 0.444 e. The highest BCUT2D eigenvalue weighted by Gasteiger charge is 2.41. The quantitative estimate of drug-likeness (QED) is 0.584. The molecule has 0 N–H and O–H groups in total. The van der Waals surface area contributed by atoms with Crippen molar-refractivity contribution in [2.24, 2.45) is 5.92 Å². The Bertz CT molecular complexity index is 870. The van der Waals surface area contributed by atoms with Crippen molar-refractivity contribution >= 4 is 11.9 Å². The number of hydrogen-bond acceptors (Lipinski definition) is 7. The number of ether oxygens (including phenoxy) is 3. The fourth-order valence-corrected chi connectivity index (χ4v) is 6.15. The first-order valence-corrected chi connectivity index (χ1v) is 13.7. The molecule has 0 bridgehead atoms. The molecule has 3 saturated heterocycles. The normalized spacial score (nSPS) is 26.9. The molecule has 36 heavy (non-hydrogen) atoms. The van der Waals surface area contributed by atoms with Crippen molar-refractivity contribution in [3.05, 3.63) is 11.8 Å². The first-order chi connectivity index (χ1) is 17.1. The molecule has 2 atom stereocenters. The summed E-state index contributed by atoms with van der Waals surface area (Å²) in [6, 6.07) is 2.53. The first kappa shape index (κ1) is 27.2. The summed E-state index contributed by atoms with van der Waals surface area (Å²) in [5.74, 6) is 1.70. The Kier molecular flexibility index (Phi) is 8.52. The Morgan fingerprint density at radius 1 is 1.14 bits per heavy atom. The van der Waals surface area contributed by atoms with E-state index in [1.54, 1.807) is 7.11 Å². The second-order valence-corrected chi connectivity index (χ2v) is 12.1. The number of rotatable bonds is 6. The molecule has 0 radical (unpaired) electrons. The zero-order valence-corrected chi connectivity index (χ0v) is 23.3. The van der Waals surface area contributed by atoms with Crippen molar-refractivity contribution in [1.82, 2.24) is 19.6 Å². The van der Waals surface area contributed by atoms with Crippen LogP contribution in [-0.2, 0) is 14.2 Å². The minimum atomic E-state index is -0.466. The topological polar surface area (TPSA) is 72.3 Å². The molecule has 3 aliphatic heterocycles. The Balaban J connectivity index is 1.40. The second-order valence-electron chi connectivity index (χ2n) is 12.1. The molecule has 0 spiro atoms. The number of piperidine rings is 2. The van der Waals surface area contributed by atoms with Gasteiger partial charge in [0.25, 0.3) is 0 Å². The lowest BCUT2D eigenvalue weighted by Crippen LogP contribution is -2.57. The molecular formula is C27H47N5O4. The van der Waals surface area contributed by atoms with Crippen LogP contribution in [0.2, 0.25) is 0 Å². The summed E-state index contributed by atoms with van der Waals surface area (Å²) in [5.41, 5.74) is 0.623. The molecule has 9 heteroatoms. The summed E-state index contributed by atoms with van der Waals surface area (Å²) in [4.78, 5) is 19.3. The van der Waals surface area contributed by atoms with Crippen LogP contribution in [-0.4, -0.2) is 103 Å². The van der Waals surface area contributed by atoms with Gasteiger partial charge >= 0.3 is 6.09 Å². The minimum absolute atomic E-state index is 0.0876. The lowest BCUT2D eigenvalue weighted by Gasteiger charge is -2.48. The molecular weight excluding hydrogens is 458 g/mol. The highest BCUT2D eigenvalue weighted by molar-refractivity contribution is 5.68. The molecule has 9 nitrogen and oxygen atoms in total. The summed E-state index contributed by atoms with van der Waals surface area (Å²) >= 11 is 0. The van der Waals surface area contributed by atoms with Crippen molar-refractivity contribution in [2.45, 2.75) is 77.5 Å². The van der Waals surface area contributed by atoms with Crippen molar-refractivity contribution in [2.75, 3.05) is 71.1 Å². The lowest BCUT2D eigenvalue weighted by atomic mass is 9.81. The molecule has 3 aliphatic rings. The van der Waals surface area contributed by atoms with E-state index in [9.17, 15) is 4.79 Å². The predicted octanol–water partition coefficient (Wildman–Crippen LogP) is 3.72. The van der Waals surface area contributed by atoms with Crippen LogP contribution >= 0.6 is 0 Å². The third-order valence-electron chi connectivity index (χ3n) is 7.86. The lowest BCUT2D eigenvalue weighted by molar-refractivity contribution is 0.0183. The van der Waals surface area contributed by atoms with Gasteiger partial charge in [0, 0.05) is 58.1 Å². The summed E-state index contributed by atoms with van der Waals surface area (Å²) in [5, 5.41) is 5.13. The molecule has 4 rings (SSSR count). The van der Waals surface area contributed by atoms with Gasteiger partial charge in [-0.1, -0.05) is 0 Å². The average Bonchev–Trinajstić information content (AvgIpc) is 3.20. The zero-order chi connectivity index (χ0) is 25.9. The molecule has 1 amide bonds. The monoisotopic (exact) mass is 505 g/mol. The summed E-state index contributed by atoms with van der Waals surface area (Å²) < 4.78 is 19.0. The van der Waals surface area contributed by atoms with Crippen LogP contribution in [0.4, 0.5) is 10.6 Å². The van der Waals surface area contributed by atoms with Crippen LogP contribution in [0, 0.1) is 12.8 Å². The van der Waals surface area contributed by atoms with E-state index in [-0.39, 0.29) is 11.6 Å². The molecule has 204 valence electrons. The number of nitrogens with zero attached hydrogens (tertiary/aromatic N) is 5. The highest BCUT2D eigenvalue weighted by Crippen LogP contribution is 2.37. The van der Waals surface area contributed by atoms with E-state index in [0.29, 0.717) is 31.7 Å². The second kappa shape index (κ2) is 11.3. The number of methoxy groups -OCH3 is 1. The molecule has 2 unspecified atom stereocenters. The van der Waals surface area contributed by atoms with Crippen LogP contribution < -0.4 is 4.90 Å². The Morgan fingerprint density at radius 2 is 1.83 bits per heavy atom. The van der Waals surface area contributed by atoms with Gasteiger partial charge < -0.3 is 24.0 Å².